The zero-order chi connectivity index (χ0) is 19.0. The molecule has 0 aliphatic carbocycles. The van der Waals surface area contributed by atoms with Crippen molar-refractivity contribution in [1.29, 1.82) is 0 Å². The summed E-state index contributed by atoms with van der Waals surface area (Å²) < 4.78 is 0. The molecular formula is C22H23NO2S. The summed E-state index contributed by atoms with van der Waals surface area (Å²) in [6.07, 6.45) is 0. The van der Waals surface area contributed by atoms with Crippen LogP contribution in [-0.4, -0.2) is 17.1 Å². The third kappa shape index (κ3) is 3.34. The fourth-order valence-electron chi connectivity index (χ4n) is 3.11. The lowest BCUT2D eigenvalue weighted by Gasteiger charge is -2.16. The van der Waals surface area contributed by atoms with Crippen LogP contribution >= 0.6 is 11.8 Å². The second-order valence-electron chi connectivity index (χ2n) is 6.97. The zero-order valence-electron chi connectivity index (χ0n) is 15.8. The summed E-state index contributed by atoms with van der Waals surface area (Å²) in [5, 5.41) is 0.209. The van der Waals surface area contributed by atoms with E-state index in [0.29, 0.717) is 16.2 Å². The fourth-order valence-corrected chi connectivity index (χ4v) is 4.09. The molecule has 0 aromatic heterocycles. The van der Waals surface area contributed by atoms with E-state index in [9.17, 15) is 9.59 Å². The Labute approximate surface area is 159 Å². The number of nitrogens with zero attached hydrogens (tertiary/aromatic N) is 1. The number of rotatable bonds is 4. The van der Waals surface area contributed by atoms with Crippen molar-refractivity contribution in [3.63, 3.8) is 0 Å². The van der Waals surface area contributed by atoms with Crippen LogP contribution in [0, 0.1) is 20.8 Å². The van der Waals surface area contributed by atoms with Crippen LogP contribution < -0.4 is 4.90 Å². The first-order chi connectivity index (χ1) is 12.3. The molecule has 0 spiro atoms. The van der Waals surface area contributed by atoms with Gasteiger partial charge in [0.15, 0.2) is 0 Å². The molecule has 0 bridgehead atoms. The highest BCUT2D eigenvalue weighted by Crippen LogP contribution is 2.40. The van der Waals surface area contributed by atoms with Crippen LogP contribution in [0.15, 0.2) is 47.4 Å². The maximum atomic E-state index is 13.3. The van der Waals surface area contributed by atoms with Crippen molar-refractivity contribution in [3.05, 3.63) is 69.6 Å². The van der Waals surface area contributed by atoms with Crippen LogP contribution in [-0.2, 0) is 9.59 Å². The number of carbonyl (C=O) groups is 2. The normalized spacial score (nSPS) is 14.8. The van der Waals surface area contributed by atoms with Gasteiger partial charge >= 0.3 is 0 Å². The van der Waals surface area contributed by atoms with E-state index >= 15 is 0 Å². The molecule has 1 aliphatic rings. The largest absolute Gasteiger partial charge is 0.272 e. The first-order valence-corrected chi connectivity index (χ1v) is 9.61. The second-order valence-corrected chi connectivity index (χ2v) is 8.56. The summed E-state index contributed by atoms with van der Waals surface area (Å²) in [7, 11) is 0. The van der Waals surface area contributed by atoms with Gasteiger partial charge in [0.25, 0.3) is 11.8 Å². The number of anilines is 1. The molecule has 0 saturated carbocycles. The SMILES string of the molecule is Cc1ccc(N2C(=O)C(SC(C)C)=C(c3ccc(C)cc3C)C2=O)cc1. The van der Waals surface area contributed by atoms with Crippen molar-refractivity contribution >= 4 is 34.8 Å². The molecule has 134 valence electrons. The third-order valence-corrected chi connectivity index (χ3v) is 5.42. The van der Waals surface area contributed by atoms with Gasteiger partial charge in [0, 0.05) is 5.25 Å². The van der Waals surface area contributed by atoms with Gasteiger partial charge in [0.1, 0.15) is 0 Å². The lowest BCUT2D eigenvalue weighted by atomic mass is 9.99. The van der Waals surface area contributed by atoms with Crippen LogP contribution in [0.2, 0.25) is 0 Å². The highest BCUT2D eigenvalue weighted by molar-refractivity contribution is 8.04. The van der Waals surface area contributed by atoms with E-state index in [1.807, 2.05) is 77.1 Å². The van der Waals surface area contributed by atoms with E-state index in [4.69, 9.17) is 0 Å². The summed E-state index contributed by atoms with van der Waals surface area (Å²) in [6.45, 7) is 10.1. The highest BCUT2D eigenvalue weighted by atomic mass is 32.2. The minimum atomic E-state index is -0.242. The van der Waals surface area contributed by atoms with E-state index in [-0.39, 0.29) is 17.1 Å². The Balaban J connectivity index is 2.14. The van der Waals surface area contributed by atoms with Crippen LogP contribution in [0.4, 0.5) is 5.69 Å². The molecule has 0 atom stereocenters. The maximum absolute atomic E-state index is 13.3. The van der Waals surface area contributed by atoms with E-state index < -0.39 is 0 Å². The van der Waals surface area contributed by atoms with Gasteiger partial charge < -0.3 is 0 Å². The first kappa shape index (κ1) is 18.5. The molecule has 26 heavy (non-hydrogen) atoms. The van der Waals surface area contributed by atoms with Crippen molar-refractivity contribution in [1.82, 2.24) is 0 Å². The number of benzene rings is 2. The van der Waals surface area contributed by atoms with Gasteiger partial charge in [-0.3, -0.25) is 9.59 Å². The minimum absolute atomic E-state index is 0.209. The Morgan fingerprint density at radius 3 is 2.04 bits per heavy atom. The predicted molar refractivity (Wildman–Crippen MR) is 109 cm³/mol. The predicted octanol–water partition coefficient (Wildman–Crippen LogP) is 5.04. The molecule has 3 nitrogen and oxygen atoms in total. The topological polar surface area (TPSA) is 37.4 Å². The number of imide groups is 1. The van der Waals surface area contributed by atoms with Gasteiger partial charge in [-0.15, -0.1) is 11.8 Å². The molecule has 2 amide bonds. The molecule has 0 fully saturated rings. The molecule has 2 aromatic rings. The number of thioether (sulfide) groups is 1. The molecule has 0 radical (unpaired) electrons. The second kappa shape index (κ2) is 7.12. The van der Waals surface area contributed by atoms with Crippen molar-refractivity contribution in [2.75, 3.05) is 4.90 Å². The van der Waals surface area contributed by atoms with Crippen molar-refractivity contribution < 1.29 is 9.59 Å². The van der Waals surface area contributed by atoms with Crippen LogP contribution in [0.1, 0.15) is 36.1 Å². The summed E-state index contributed by atoms with van der Waals surface area (Å²) in [5.74, 6) is -0.471. The molecule has 0 saturated heterocycles. The van der Waals surface area contributed by atoms with Gasteiger partial charge in [-0.25, -0.2) is 4.90 Å². The Hall–Kier alpha value is -2.33. The van der Waals surface area contributed by atoms with E-state index in [1.54, 1.807) is 0 Å². The lowest BCUT2D eigenvalue weighted by Crippen LogP contribution is -2.31. The molecule has 3 rings (SSSR count). The molecule has 0 N–H and O–H groups in total. The number of amides is 2. The maximum Gasteiger partial charge on any atom is 0.272 e. The number of hydrogen-bond donors (Lipinski definition) is 0. The molecular weight excluding hydrogens is 342 g/mol. The average Bonchev–Trinajstić information content (AvgIpc) is 2.79. The van der Waals surface area contributed by atoms with E-state index in [0.717, 1.165) is 22.3 Å². The Bertz CT molecular complexity index is 910. The molecule has 1 heterocycles. The molecule has 0 unspecified atom stereocenters. The third-order valence-electron chi connectivity index (χ3n) is 4.34. The van der Waals surface area contributed by atoms with Gasteiger partial charge in [0.05, 0.1) is 16.2 Å². The minimum Gasteiger partial charge on any atom is -0.268 e. The van der Waals surface area contributed by atoms with Gasteiger partial charge in [-0.05, 0) is 44.0 Å². The number of hydrogen-bond acceptors (Lipinski definition) is 3. The smallest absolute Gasteiger partial charge is 0.268 e. The summed E-state index contributed by atoms with van der Waals surface area (Å²) >= 11 is 1.46. The van der Waals surface area contributed by atoms with Gasteiger partial charge in [-0.1, -0.05) is 55.3 Å². The number of aryl methyl sites for hydroxylation is 3. The summed E-state index contributed by atoms with van der Waals surface area (Å²) in [5.41, 5.74) is 5.21. The monoisotopic (exact) mass is 365 g/mol. The Morgan fingerprint density at radius 1 is 0.846 bits per heavy atom. The highest BCUT2D eigenvalue weighted by Gasteiger charge is 2.40. The molecule has 4 heteroatoms. The quantitative estimate of drug-likeness (QED) is 0.713. The molecule has 2 aromatic carbocycles. The zero-order valence-corrected chi connectivity index (χ0v) is 16.6. The van der Waals surface area contributed by atoms with Crippen molar-refractivity contribution in [2.24, 2.45) is 0 Å². The Kier molecular flexibility index (Phi) is 5.05. The van der Waals surface area contributed by atoms with Crippen molar-refractivity contribution in [3.8, 4) is 0 Å². The lowest BCUT2D eigenvalue weighted by molar-refractivity contribution is -0.119. The first-order valence-electron chi connectivity index (χ1n) is 8.73. The van der Waals surface area contributed by atoms with Gasteiger partial charge in [-0.2, -0.15) is 0 Å². The van der Waals surface area contributed by atoms with Crippen LogP contribution in [0.25, 0.3) is 5.57 Å². The summed E-state index contributed by atoms with van der Waals surface area (Å²) in [6, 6.07) is 13.5. The Morgan fingerprint density at radius 2 is 1.46 bits per heavy atom. The summed E-state index contributed by atoms with van der Waals surface area (Å²) in [4.78, 5) is 28.2. The van der Waals surface area contributed by atoms with E-state index in [1.165, 1.54) is 16.7 Å². The average molecular weight is 365 g/mol. The van der Waals surface area contributed by atoms with E-state index in [2.05, 4.69) is 0 Å². The fraction of sp³-hybridized carbons (Fsp3) is 0.273. The number of carbonyl (C=O) groups excluding carboxylic acids is 2. The standard InChI is InChI=1S/C22H23NO2S/c1-13(2)26-20-19(18-11-8-15(4)12-16(18)5)21(24)23(22(20)25)17-9-6-14(3)7-10-17/h6-13H,1-5H3. The van der Waals surface area contributed by atoms with Crippen LogP contribution in [0.5, 0.6) is 0 Å². The van der Waals surface area contributed by atoms with Crippen molar-refractivity contribution in [2.45, 2.75) is 39.9 Å². The molecule has 1 aliphatic heterocycles. The van der Waals surface area contributed by atoms with Crippen LogP contribution in [0.3, 0.4) is 0 Å². The van der Waals surface area contributed by atoms with Gasteiger partial charge in [0.2, 0.25) is 0 Å².